The Labute approximate surface area is 83.0 Å². The molecule has 0 aliphatic rings. The first-order valence-corrected chi connectivity index (χ1v) is 5.55. The Morgan fingerprint density at radius 3 is 2.92 bits per heavy atom. The van der Waals surface area contributed by atoms with Crippen molar-refractivity contribution < 1.29 is 14.6 Å². The zero-order valence-corrected chi connectivity index (χ0v) is 8.89. The molecule has 0 heterocycles. The molecular formula is C8H17NO3S. The van der Waals surface area contributed by atoms with Crippen LogP contribution in [0.4, 0.5) is 0 Å². The maximum atomic E-state index is 11.1. The molecule has 0 bridgehead atoms. The summed E-state index contributed by atoms with van der Waals surface area (Å²) >= 11 is 1.61. The summed E-state index contributed by atoms with van der Waals surface area (Å²) in [5.74, 6) is 0.477. The molecule has 0 aliphatic carbocycles. The first-order valence-electron chi connectivity index (χ1n) is 4.16. The fourth-order valence-electron chi connectivity index (χ4n) is 0.755. The van der Waals surface area contributed by atoms with Gasteiger partial charge in [-0.1, -0.05) is 0 Å². The number of nitrogens with one attached hydrogen (secondary N) is 1. The number of aliphatic hydroxyl groups excluding tert-OH is 1. The zero-order valence-electron chi connectivity index (χ0n) is 8.08. The Morgan fingerprint density at radius 2 is 2.38 bits per heavy atom. The first-order chi connectivity index (χ1) is 6.22. The molecule has 1 amide bonds. The average molecular weight is 207 g/mol. The van der Waals surface area contributed by atoms with Crippen LogP contribution in [-0.2, 0) is 9.53 Å². The largest absolute Gasteiger partial charge is 0.383 e. The number of rotatable bonds is 7. The Hall–Kier alpha value is -0.260. The third-order valence-corrected chi connectivity index (χ3v) is 2.15. The van der Waals surface area contributed by atoms with Crippen molar-refractivity contribution in [2.45, 2.75) is 12.5 Å². The van der Waals surface area contributed by atoms with Gasteiger partial charge in [0.05, 0.1) is 6.61 Å². The van der Waals surface area contributed by atoms with Crippen molar-refractivity contribution in [1.82, 2.24) is 5.32 Å². The lowest BCUT2D eigenvalue weighted by molar-refractivity contribution is -0.129. The zero-order chi connectivity index (χ0) is 10.1. The summed E-state index contributed by atoms with van der Waals surface area (Å²) in [6.45, 7) is 0.923. The van der Waals surface area contributed by atoms with Gasteiger partial charge in [0, 0.05) is 13.7 Å². The monoisotopic (exact) mass is 207 g/mol. The highest BCUT2D eigenvalue weighted by atomic mass is 32.2. The molecule has 0 saturated heterocycles. The van der Waals surface area contributed by atoms with Crippen LogP contribution in [0.5, 0.6) is 0 Å². The molecule has 4 nitrogen and oxygen atoms in total. The Morgan fingerprint density at radius 1 is 1.69 bits per heavy atom. The van der Waals surface area contributed by atoms with E-state index in [1.165, 1.54) is 0 Å². The molecule has 0 aromatic heterocycles. The standard InChI is InChI=1S/C8H17NO3S/c1-12-5-4-9-8(11)7(10)3-6-13-2/h7,10H,3-6H2,1-2H3,(H,9,11). The van der Waals surface area contributed by atoms with Gasteiger partial charge in [-0.25, -0.2) is 0 Å². The first kappa shape index (κ1) is 12.7. The predicted molar refractivity (Wildman–Crippen MR) is 53.9 cm³/mol. The molecule has 0 fully saturated rings. The summed E-state index contributed by atoms with van der Waals surface area (Å²) in [5, 5.41) is 11.9. The van der Waals surface area contributed by atoms with Crippen LogP contribution in [0.15, 0.2) is 0 Å². The van der Waals surface area contributed by atoms with Crippen molar-refractivity contribution in [3.63, 3.8) is 0 Å². The summed E-state index contributed by atoms with van der Waals surface area (Å²) in [4.78, 5) is 11.1. The number of hydrogen-bond donors (Lipinski definition) is 2. The normalized spacial score (nSPS) is 12.5. The molecule has 78 valence electrons. The summed E-state index contributed by atoms with van der Waals surface area (Å²) in [5.41, 5.74) is 0. The SMILES string of the molecule is COCCNC(=O)C(O)CCSC. The molecule has 5 heteroatoms. The van der Waals surface area contributed by atoms with Gasteiger partial charge in [0.2, 0.25) is 5.91 Å². The van der Waals surface area contributed by atoms with E-state index in [0.717, 1.165) is 5.75 Å². The van der Waals surface area contributed by atoms with Crippen LogP contribution in [0, 0.1) is 0 Å². The minimum Gasteiger partial charge on any atom is -0.383 e. The molecule has 0 aliphatic heterocycles. The molecule has 2 N–H and O–H groups in total. The number of amides is 1. The summed E-state index contributed by atoms with van der Waals surface area (Å²) in [6, 6.07) is 0. The van der Waals surface area contributed by atoms with E-state index < -0.39 is 6.10 Å². The van der Waals surface area contributed by atoms with Gasteiger partial charge in [-0.05, 0) is 18.4 Å². The second kappa shape index (κ2) is 8.34. The number of aliphatic hydroxyl groups is 1. The van der Waals surface area contributed by atoms with Gasteiger partial charge in [-0.3, -0.25) is 4.79 Å². The highest BCUT2D eigenvalue weighted by Crippen LogP contribution is 1.99. The van der Waals surface area contributed by atoms with Gasteiger partial charge in [0.15, 0.2) is 0 Å². The van der Waals surface area contributed by atoms with Gasteiger partial charge in [-0.2, -0.15) is 11.8 Å². The van der Waals surface area contributed by atoms with E-state index in [2.05, 4.69) is 5.32 Å². The van der Waals surface area contributed by atoms with E-state index in [1.807, 2.05) is 6.26 Å². The minimum absolute atomic E-state index is 0.314. The molecule has 0 radical (unpaired) electrons. The van der Waals surface area contributed by atoms with Gasteiger partial charge in [0.25, 0.3) is 0 Å². The number of ether oxygens (including phenoxy) is 1. The molecular weight excluding hydrogens is 190 g/mol. The second-order valence-electron chi connectivity index (χ2n) is 2.58. The fraction of sp³-hybridized carbons (Fsp3) is 0.875. The molecule has 0 saturated carbocycles. The van der Waals surface area contributed by atoms with Crippen molar-refractivity contribution in [2.24, 2.45) is 0 Å². The molecule has 1 unspecified atom stereocenters. The molecule has 1 atom stereocenters. The van der Waals surface area contributed by atoms with Crippen LogP contribution in [0.3, 0.4) is 0 Å². The molecule has 13 heavy (non-hydrogen) atoms. The number of thioether (sulfide) groups is 1. The van der Waals surface area contributed by atoms with E-state index >= 15 is 0 Å². The Kier molecular flexibility index (Phi) is 8.18. The number of carbonyl (C=O) groups is 1. The van der Waals surface area contributed by atoms with Gasteiger partial charge >= 0.3 is 0 Å². The van der Waals surface area contributed by atoms with Crippen molar-refractivity contribution in [3.8, 4) is 0 Å². The second-order valence-corrected chi connectivity index (χ2v) is 3.57. The Balaban J connectivity index is 3.45. The molecule has 0 rings (SSSR count). The Bertz CT molecular complexity index is 143. The van der Waals surface area contributed by atoms with Crippen LogP contribution < -0.4 is 5.32 Å². The number of carbonyl (C=O) groups excluding carboxylic acids is 1. The highest BCUT2D eigenvalue weighted by molar-refractivity contribution is 7.98. The summed E-state index contributed by atoms with van der Waals surface area (Å²) < 4.78 is 4.75. The third kappa shape index (κ3) is 6.86. The van der Waals surface area contributed by atoms with Crippen LogP contribution in [0.1, 0.15) is 6.42 Å². The topological polar surface area (TPSA) is 58.6 Å². The lowest BCUT2D eigenvalue weighted by atomic mass is 10.2. The van der Waals surface area contributed by atoms with Crippen LogP contribution >= 0.6 is 11.8 Å². The van der Waals surface area contributed by atoms with Crippen LogP contribution in [0.25, 0.3) is 0 Å². The van der Waals surface area contributed by atoms with Crippen molar-refractivity contribution in [2.75, 3.05) is 32.3 Å². The highest BCUT2D eigenvalue weighted by Gasteiger charge is 2.12. The average Bonchev–Trinajstić information content (AvgIpc) is 2.14. The van der Waals surface area contributed by atoms with Gasteiger partial charge in [-0.15, -0.1) is 0 Å². The number of methoxy groups -OCH3 is 1. The van der Waals surface area contributed by atoms with Crippen LogP contribution in [-0.4, -0.2) is 49.4 Å². The third-order valence-electron chi connectivity index (χ3n) is 1.50. The lowest BCUT2D eigenvalue weighted by Gasteiger charge is -2.09. The smallest absolute Gasteiger partial charge is 0.248 e. The maximum absolute atomic E-state index is 11.1. The minimum atomic E-state index is -0.885. The summed E-state index contributed by atoms with van der Waals surface area (Å²) in [7, 11) is 1.57. The van der Waals surface area contributed by atoms with E-state index in [1.54, 1.807) is 18.9 Å². The molecule has 0 aromatic rings. The molecule has 0 spiro atoms. The van der Waals surface area contributed by atoms with Gasteiger partial charge < -0.3 is 15.2 Å². The number of hydrogen-bond acceptors (Lipinski definition) is 4. The lowest BCUT2D eigenvalue weighted by Crippen LogP contribution is -2.36. The van der Waals surface area contributed by atoms with Crippen molar-refractivity contribution >= 4 is 17.7 Å². The predicted octanol–water partition coefficient (Wildman–Crippen LogP) is -0.137. The van der Waals surface area contributed by atoms with E-state index in [-0.39, 0.29) is 5.91 Å². The maximum Gasteiger partial charge on any atom is 0.248 e. The van der Waals surface area contributed by atoms with E-state index in [9.17, 15) is 9.90 Å². The van der Waals surface area contributed by atoms with E-state index in [4.69, 9.17) is 4.74 Å². The quantitative estimate of drug-likeness (QED) is 0.571. The fourth-order valence-corrected chi connectivity index (χ4v) is 1.21. The van der Waals surface area contributed by atoms with E-state index in [0.29, 0.717) is 19.6 Å². The van der Waals surface area contributed by atoms with Crippen molar-refractivity contribution in [1.29, 1.82) is 0 Å². The van der Waals surface area contributed by atoms with Crippen molar-refractivity contribution in [3.05, 3.63) is 0 Å². The summed E-state index contributed by atoms with van der Waals surface area (Å²) in [6.07, 6.45) is 1.56. The van der Waals surface area contributed by atoms with Crippen LogP contribution in [0.2, 0.25) is 0 Å². The van der Waals surface area contributed by atoms with Gasteiger partial charge in [0.1, 0.15) is 6.10 Å². The molecule has 0 aromatic carbocycles.